The zero-order chi connectivity index (χ0) is 19.7. The first-order valence-electron chi connectivity index (χ1n) is 8.35. The molecule has 1 aliphatic rings. The van der Waals surface area contributed by atoms with Gasteiger partial charge in [-0.1, -0.05) is 36.4 Å². The van der Waals surface area contributed by atoms with Crippen molar-refractivity contribution in [1.29, 1.82) is 0 Å². The summed E-state index contributed by atoms with van der Waals surface area (Å²) in [6.07, 6.45) is 1.35. The van der Waals surface area contributed by atoms with Gasteiger partial charge in [-0.25, -0.2) is 4.39 Å². The highest BCUT2D eigenvalue weighted by molar-refractivity contribution is 7.80. The van der Waals surface area contributed by atoms with Gasteiger partial charge < -0.3 is 4.42 Å². The number of nitrogens with one attached hydrogen (secondary N) is 1. The van der Waals surface area contributed by atoms with Gasteiger partial charge in [-0.15, -0.1) is 0 Å². The molecule has 0 unspecified atom stereocenters. The Kier molecular flexibility index (Phi) is 4.58. The number of hydrogen-bond acceptors (Lipinski definition) is 4. The number of thiocarbonyl (C=S) groups is 1. The Bertz CT molecular complexity index is 1120. The Morgan fingerprint density at radius 3 is 2.54 bits per heavy atom. The number of carbonyl (C=O) groups is 2. The van der Waals surface area contributed by atoms with E-state index in [2.05, 4.69) is 5.32 Å². The van der Waals surface area contributed by atoms with Crippen LogP contribution in [0, 0.1) is 5.82 Å². The first-order chi connectivity index (χ1) is 13.5. The van der Waals surface area contributed by atoms with Crippen LogP contribution in [0.2, 0.25) is 0 Å². The van der Waals surface area contributed by atoms with E-state index in [1.54, 1.807) is 12.1 Å². The lowest BCUT2D eigenvalue weighted by atomic mass is 10.1. The van der Waals surface area contributed by atoms with Gasteiger partial charge in [0.2, 0.25) is 0 Å². The molecule has 2 aromatic carbocycles. The molecule has 2 amide bonds. The summed E-state index contributed by atoms with van der Waals surface area (Å²) in [6, 6.07) is 18.3. The van der Waals surface area contributed by atoms with Gasteiger partial charge in [-0.3, -0.25) is 19.8 Å². The van der Waals surface area contributed by atoms with Crippen molar-refractivity contribution in [2.75, 3.05) is 4.90 Å². The van der Waals surface area contributed by atoms with Crippen LogP contribution in [0.5, 0.6) is 0 Å². The van der Waals surface area contributed by atoms with Crippen molar-refractivity contribution < 1.29 is 18.4 Å². The maximum absolute atomic E-state index is 13.6. The van der Waals surface area contributed by atoms with Crippen LogP contribution in [-0.2, 0) is 9.59 Å². The predicted molar refractivity (Wildman–Crippen MR) is 107 cm³/mol. The molecule has 1 N–H and O–H groups in total. The highest BCUT2D eigenvalue weighted by Gasteiger charge is 2.34. The van der Waals surface area contributed by atoms with E-state index in [1.807, 2.05) is 30.3 Å². The third-order valence-corrected chi connectivity index (χ3v) is 4.42. The summed E-state index contributed by atoms with van der Waals surface area (Å²) >= 11 is 5.09. The molecular formula is C21H13FN2O3S. The van der Waals surface area contributed by atoms with Crippen LogP contribution in [0.4, 0.5) is 10.1 Å². The van der Waals surface area contributed by atoms with E-state index in [9.17, 15) is 14.0 Å². The van der Waals surface area contributed by atoms with Crippen molar-refractivity contribution in [3.63, 3.8) is 0 Å². The van der Waals surface area contributed by atoms with Crippen molar-refractivity contribution >= 4 is 40.9 Å². The molecule has 0 spiro atoms. The lowest BCUT2D eigenvalue weighted by Gasteiger charge is -2.28. The van der Waals surface area contributed by atoms with Crippen molar-refractivity contribution in [2.24, 2.45) is 0 Å². The lowest BCUT2D eigenvalue weighted by molar-refractivity contribution is -0.122. The summed E-state index contributed by atoms with van der Waals surface area (Å²) in [7, 11) is 0. The van der Waals surface area contributed by atoms with Crippen molar-refractivity contribution in [3.8, 4) is 11.3 Å². The van der Waals surface area contributed by atoms with Gasteiger partial charge >= 0.3 is 0 Å². The van der Waals surface area contributed by atoms with Gasteiger partial charge in [-0.2, -0.15) is 0 Å². The summed E-state index contributed by atoms with van der Waals surface area (Å²) < 4.78 is 19.3. The maximum atomic E-state index is 13.6. The summed E-state index contributed by atoms with van der Waals surface area (Å²) in [5.41, 5.74) is 0.936. The van der Waals surface area contributed by atoms with Gasteiger partial charge in [0.05, 0.1) is 5.69 Å². The van der Waals surface area contributed by atoms with E-state index in [4.69, 9.17) is 16.6 Å². The minimum absolute atomic E-state index is 0.109. The SMILES string of the molecule is O=C1NC(=S)N(c2cccc(F)c2)C(=O)/C1=C/c1ccc(-c2ccccc2)o1. The zero-order valence-electron chi connectivity index (χ0n) is 14.4. The molecule has 1 aromatic heterocycles. The first-order valence-corrected chi connectivity index (χ1v) is 8.76. The van der Waals surface area contributed by atoms with Crippen LogP contribution < -0.4 is 10.2 Å². The molecule has 7 heteroatoms. The highest BCUT2D eigenvalue weighted by atomic mass is 32.1. The molecule has 2 heterocycles. The van der Waals surface area contributed by atoms with E-state index in [-0.39, 0.29) is 16.4 Å². The predicted octanol–water partition coefficient (Wildman–Crippen LogP) is 3.92. The molecule has 0 saturated carbocycles. The van der Waals surface area contributed by atoms with E-state index in [0.717, 1.165) is 10.5 Å². The average Bonchev–Trinajstić information content (AvgIpc) is 3.14. The molecule has 0 atom stereocenters. The minimum atomic E-state index is -0.656. The molecule has 0 aliphatic carbocycles. The largest absolute Gasteiger partial charge is 0.457 e. The van der Waals surface area contributed by atoms with Crippen molar-refractivity contribution in [3.05, 3.63) is 83.9 Å². The van der Waals surface area contributed by atoms with E-state index < -0.39 is 17.6 Å². The van der Waals surface area contributed by atoms with E-state index >= 15 is 0 Å². The normalized spacial score (nSPS) is 15.8. The molecule has 5 nitrogen and oxygen atoms in total. The Morgan fingerprint density at radius 1 is 1.00 bits per heavy atom. The molecule has 28 heavy (non-hydrogen) atoms. The fourth-order valence-corrected chi connectivity index (χ4v) is 3.12. The number of amides is 2. The van der Waals surface area contributed by atoms with Crippen molar-refractivity contribution in [2.45, 2.75) is 0 Å². The summed E-state index contributed by atoms with van der Waals surface area (Å²) in [6.45, 7) is 0. The minimum Gasteiger partial charge on any atom is -0.457 e. The number of anilines is 1. The maximum Gasteiger partial charge on any atom is 0.270 e. The number of hydrogen-bond donors (Lipinski definition) is 1. The smallest absolute Gasteiger partial charge is 0.270 e. The number of carbonyl (C=O) groups excluding carboxylic acids is 2. The molecule has 138 valence electrons. The Labute approximate surface area is 165 Å². The number of rotatable bonds is 3. The van der Waals surface area contributed by atoms with E-state index in [1.165, 1.54) is 30.3 Å². The van der Waals surface area contributed by atoms with Crippen LogP contribution in [0.3, 0.4) is 0 Å². The number of furan rings is 1. The first kappa shape index (κ1) is 17.8. The Balaban J connectivity index is 1.69. The second-order valence-electron chi connectivity index (χ2n) is 6.01. The third-order valence-electron chi connectivity index (χ3n) is 4.14. The number of benzene rings is 2. The lowest BCUT2D eigenvalue weighted by Crippen LogP contribution is -2.54. The summed E-state index contributed by atoms with van der Waals surface area (Å²) in [5, 5.41) is 2.34. The summed E-state index contributed by atoms with van der Waals surface area (Å²) in [4.78, 5) is 26.3. The monoisotopic (exact) mass is 392 g/mol. The van der Waals surface area contributed by atoms with Crippen LogP contribution in [0.15, 0.2) is 76.7 Å². The third kappa shape index (κ3) is 3.35. The molecule has 3 aromatic rings. The highest BCUT2D eigenvalue weighted by Crippen LogP contribution is 2.26. The second kappa shape index (κ2) is 7.21. The Hall–Kier alpha value is -3.58. The number of halogens is 1. The van der Waals surface area contributed by atoms with Crippen LogP contribution in [0.25, 0.3) is 17.4 Å². The molecule has 0 bridgehead atoms. The fourth-order valence-electron chi connectivity index (χ4n) is 2.84. The van der Waals surface area contributed by atoms with Crippen molar-refractivity contribution in [1.82, 2.24) is 5.32 Å². The zero-order valence-corrected chi connectivity index (χ0v) is 15.2. The van der Waals surface area contributed by atoms with Gasteiger partial charge in [0, 0.05) is 5.56 Å². The molecule has 1 fully saturated rings. The molecule has 0 radical (unpaired) electrons. The van der Waals surface area contributed by atoms with Crippen LogP contribution in [0.1, 0.15) is 5.76 Å². The molecule has 1 aliphatic heterocycles. The summed E-state index contributed by atoms with van der Waals surface area (Å²) in [5.74, 6) is -0.871. The van der Waals surface area contributed by atoms with Crippen LogP contribution >= 0.6 is 12.2 Å². The van der Waals surface area contributed by atoms with Gasteiger partial charge in [-0.05, 0) is 48.6 Å². The molecular weight excluding hydrogens is 379 g/mol. The topological polar surface area (TPSA) is 62.6 Å². The van der Waals surface area contributed by atoms with Crippen LogP contribution in [-0.4, -0.2) is 16.9 Å². The quantitative estimate of drug-likeness (QED) is 0.417. The standard InChI is InChI=1S/C21H13FN2O3S/c22-14-7-4-8-15(11-14)24-20(26)17(19(25)23-21(24)28)12-16-9-10-18(27-16)13-5-2-1-3-6-13/h1-12H,(H,23,25,28)/b17-12+. The molecule has 1 saturated heterocycles. The van der Waals surface area contributed by atoms with Gasteiger partial charge in [0.15, 0.2) is 5.11 Å². The number of nitrogens with zero attached hydrogens (tertiary/aromatic N) is 1. The van der Waals surface area contributed by atoms with Gasteiger partial charge in [0.25, 0.3) is 11.8 Å². The Morgan fingerprint density at radius 2 is 1.79 bits per heavy atom. The average molecular weight is 392 g/mol. The van der Waals surface area contributed by atoms with Gasteiger partial charge in [0.1, 0.15) is 22.9 Å². The molecule has 4 rings (SSSR count). The van der Waals surface area contributed by atoms with E-state index in [0.29, 0.717) is 11.5 Å². The second-order valence-corrected chi connectivity index (χ2v) is 6.39. The fraction of sp³-hybridized carbons (Fsp3) is 0.